The third-order valence-electron chi connectivity index (χ3n) is 3.94. The first-order valence-electron chi connectivity index (χ1n) is 7.43. The predicted molar refractivity (Wildman–Crippen MR) is 73.4 cm³/mol. The van der Waals surface area contributed by atoms with Gasteiger partial charge in [-0.2, -0.15) is 0 Å². The quantitative estimate of drug-likeness (QED) is 0.514. The largest absolute Gasteiger partial charge is 0.548 e. The molecule has 2 atom stereocenters. The molecule has 120 valence electrons. The van der Waals surface area contributed by atoms with Crippen LogP contribution in [0.1, 0.15) is 39.5 Å². The van der Waals surface area contributed by atoms with E-state index in [0.717, 1.165) is 12.8 Å². The number of hydrogen-bond donors (Lipinski definition) is 3. The lowest BCUT2D eigenvalue weighted by molar-refractivity contribution is -0.398. The summed E-state index contributed by atoms with van der Waals surface area (Å²) in [6.45, 7) is 3.76. The van der Waals surface area contributed by atoms with E-state index in [4.69, 9.17) is 0 Å². The van der Waals surface area contributed by atoms with Gasteiger partial charge in [0.1, 0.15) is 0 Å². The summed E-state index contributed by atoms with van der Waals surface area (Å²) in [5.74, 6) is -1.33. The minimum Gasteiger partial charge on any atom is -0.548 e. The van der Waals surface area contributed by atoms with Crippen LogP contribution in [0.5, 0.6) is 0 Å². The van der Waals surface area contributed by atoms with Gasteiger partial charge in [-0.25, -0.2) is 0 Å². The topological polar surface area (TPSA) is 126 Å². The minimum atomic E-state index is -1.28. The molecule has 0 bridgehead atoms. The smallest absolute Gasteiger partial charge is 0.277 e. The lowest BCUT2D eigenvalue weighted by Crippen LogP contribution is -2.66. The molecule has 0 aromatic heterocycles. The molecule has 1 fully saturated rings. The molecule has 0 radical (unpaired) electrons. The fourth-order valence-electron chi connectivity index (χ4n) is 2.44. The summed E-state index contributed by atoms with van der Waals surface area (Å²) >= 11 is 0. The Morgan fingerprint density at radius 2 is 1.76 bits per heavy atom. The van der Waals surface area contributed by atoms with Crippen LogP contribution in [-0.2, 0) is 14.4 Å². The van der Waals surface area contributed by atoms with Gasteiger partial charge in [0.05, 0.1) is 12.0 Å². The molecule has 0 aromatic carbocycles. The molecule has 7 heteroatoms. The molecule has 0 heterocycles. The number of carboxylic acids is 1. The first-order valence-corrected chi connectivity index (χ1v) is 7.43. The number of aliphatic carboxylic acids is 1. The predicted octanol–water partition coefficient (Wildman–Crippen LogP) is -2.21. The summed E-state index contributed by atoms with van der Waals surface area (Å²) in [5, 5.41) is 15.9. The third-order valence-corrected chi connectivity index (χ3v) is 3.94. The first-order chi connectivity index (χ1) is 9.81. The van der Waals surface area contributed by atoms with E-state index in [0.29, 0.717) is 25.3 Å². The van der Waals surface area contributed by atoms with Gasteiger partial charge in [0.2, 0.25) is 5.91 Å². The van der Waals surface area contributed by atoms with Crippen molar-refractivity contribution < 1.29 is 25.2 Å². The summed E-state index contributed by atoms with van der Waals surface area (Å²) in [6.07, 6.45) is 3.13. The van der Waals surface area contributed by atoms with E-state index < -0.39 is 12.0 Å². The van der Waals surface area contributed by atoms with E-state index in [1.807, 2.05) is 0 Å². The van der Waals surface area contributed by atoms with Gasteiger partial charge in [-0.05, 0) is 45.4 Å². The maximum Gasteiger partial charge on any atom is 0.277 e. The lowest BCUT2D eigenvalue weighted by atomic mass is 9.81. The van der Waals surface area contributed by atoms with Gasteiger partial charge in [0.25, 0.3) is 5.91 Å². The highest BCUT2D eigenvalue weighted by molar-refractivity contribution is 5.84. The molecule has 7 nitrogen and oxygen atoms in total. The molecular weight excluding hydrogens is 274 g/mol. The van der Waals surface area contributed by atoms with Crippen molar-refractivity contribution in [1.82, 2.24) is 10.6 Å². The second kappa shape index (κ2) is 7.97. The molecule has 0 aliphatic heterocycles. The second-order valence-corrected chi connectivity index (χ2v) is 5.91. The number of quaternary nitrogens is 1. The molecule has 2 amide bonds. The van der Waals surface area contributed by atoms with E-state index in [1.54, 1.807) is 6.92 Å². The normalized spacial score (nSPS) is 24.7. The van der Waals surface area contributed by atoms with Crippen LogP contribution in [0.15, 0.2) is 0 Å². The Morgan fingerprint density at radius 3 is 2.24 bits per heavy atom. The number of hydrogen-bond acceptors (Lipinski definition) is 4. The number of carbonyl (C=O) groups is 3. The van der Waals surface area contributed by atoms with Gasteiger partial charge in [0, 0.05) is 12.5 Å². The van der Waals surface area contributed by atoms with Crippen molar-refractivity contribution in [3.8, 4) is 0 Å². The Hall–Kier alpha value is -1.63. The number of rotatable bonds is 6. The molecular formula is C14H25N3O4. The van der Waals surface area contributed by atoms with Crippen molar-refractivity contribution in [3.63, 3.8) is 0 Å². The van der Waals surface area contributed by atoms with Crippen LogP contribution in [0.2, 0.25) is 0 Å². The van der Waals surface area contributed by atoms with E-state index in [-0.39, 0.29) is 23.8 Å². The SMILES string of the molecule is C[C@H](NC(=O)C1CCC(CNC(=O)[C@@H](C)[NH3+])CC1)C(=O)[O-]. The average molecular weight is 299 g/mol. The van der Waals surface area contributed by atoms with E-state index >= 15 is 0 Å². The zero-order chi connectivity index (χ0) is 16.0. The van der Waals surface area contributed by atoms with E-state index in [2.05, 4.69) is 16.4 Å². The van der Waals surface area contributed by atoms with E-state index in [1.165, 1.54) is 6.92 Å². The zero-order valence-corrected chi connectivity index (χ0v) is 12.7. The van der Waals surface area contributed by atoms with Gasteiger partial charge < -0.3 is 26.3 Å². The fourth-order valence-corrected chi connectivity index (χ4v) is 2.44. The Labute approximate surface area is 124 Å². The maximum absolute atomic E-state index is 11.9. The molecule has 0 spiro atoms. The highest BCUT2D eigenvalue weighted by Gasteiger charge is 2.27. The van der Waals surface area contributed by atoms with Crippen LogP contribution < -0.4 is 21.5 Å². The van der Waals surface area contributed by atoms with Gasteiger partial charge in [-0.15, -0.1) is 0 Å². The maximum atomic E-state index is 11.9. The first kappa shape index (κ1) is 17.4. The van der Waals surface area contributed by atoms with Gasteiger partial charge >= 0.3 is 0 Å². The van der Waals surface area contributed by atoms with Crippen molar-refractivity contribution in [2.75, 3.05) is 6.54 Å². The number of nitrogens with one attached hydrogen (secondary N) is 2. The monoisotopic (exact) mass is 299 g/mol. The van der Waals surface area contributed by atoms with Crippen LogP contribution in [-0.4, -0.2) is 36.4 Å². The Kier molecular flexibility index (Phi) is 6.61. The van der Waals surface area contributed by atoms with Crippen molar-refractivity contribution in [2.24, 2.45) is 11.8 Å². The highest BCUT2D eigenvalue weighted by atomic mass is 16.4. The fraction of sp³-hybridized carbons (Fsp3) is 0.786. The molecule has 1 saturated carbocycles. The summed E-state index contributed by atoms with van der Waals surface area (Å²) < 4.78 is 0. The highest BCUT2D eigenvalue weighted by Crippen LogP contribution is 2.28. The number of carbonyl (C=O) groups excluding carboxylic acids is 3. The van der Waals surface area contributed by atoms with E-state index in [9.17, 15) is 19.5 Å². The zero-order valence-electron chi connectivity index (χ0n) is 12.7. The van der Waals surface area contributed by atoms with Crippen molar-refractivity contribution in [2.45, 2.75) is 51.6 Å². The number of carboxylic acid groups (broad SMARTS) is 1. The van der Waals surface area contributed by atoms with Crippen molar-refractivity contribution in [1.29, 1.82) is 0 Å². The third kappa shape index (κ3) is 5.71. The van der Waals surface area contributed by atoms with Crippen LogP contribution in [0.3, 0.4) is 0 Å². The van der Waals surface area contributed by atoms with Gasteiger partial charge in [0.15, 0.2) is 6.04 Å². The summed E-state index contributed by atoms with van der Waals surface area (Å²) in [6, 6.07) is -1.23. The summed E-state index contributed by atoms with van der Waals surface area (Å²) in [4.78, 5) is 33.9. The molecule has 1 aliphatic carbocycles. The Bertz CT molecular complexity index is 390. The van der Waals surface area contributed by atoms with Crippen LogP contribution in [0, 0.1) is 11.8 Å². The Balaban J connectivity index is 2.30. The van der Waals surface area contributed by atoms with Crippen LogP contribution in [0.25, 0.3) is 0 Å². The van der Waals surface area contributed by atoms with Crippen LogP contribution >= 0.6 is 0 Å². The standard InChI is InChI=1S/C14H25N3O4/c1-8(15)12(18)16-7-10-3-5-11(6-4-10)13(19)17-9(2)14(20)21/h8-11H,3-7,15H2,1-2H3,(H,16,18)(H,17,19)(H,20,21)/t8-,9+,10?,11?/m1/s1. The summed E-state index contributed by atoms with van der Waals surface area (Å²) in [7, 11) is 0. The lowest BCUT2D eigenvalue weighted by Gasteiger charge is -2.29. The van der Waals surface area contributed by atoms with Gasteiger partial charge in [-0.1, -0.05) is 0 Å². The average Bonchev–Trinajstić information content (AvgIpc) is 2.44. The number of amides is 2. The Morgan fingerprint density at radius 1 is 1.19 bits per heavy atom. The van der Waals surface area contributed by atoms with Crippen molar-refractivity contribution >= 4 is 17.8 Å². The molecule has 1 rings (SSSR count). The van der Waals surface area contributed by atoms with Gasteiger partial charge in [-0.3, -0.25) is 9.59 Å². The molecule has 0 unspecified atom stereocenters. The van der Waals surface area contributed by atoms with Crippen LogP contribution in [0.4, 0.5) is 0 Å². The molecule has 1 aliphatic rings. The second-order valence-electron chi connectivity index (χ2n) is 5.91. The summed E-state index contributed by atoms with van der Waals surface area (Å²) in [5.41, 5.74) is 3.66. The molecule has 5 N–H and O–H groups in total. The van der Waals surface area contributed by atoms with Crippen molar-refractivity contribution in [3.05, 3.63) is 0 Å². The molecule has 0 saturated heterocycles. The molecule has 0 aromatic rings. The molecule has 21 heavy (non-hydrogen) atoms. The minimum absolute atomic E-state index is 0.0577.